The summed E-state index contributed by atoms with van der Waals surface area (Å²) in [5, 5.41) is 2.39. The van der Waals surface area contributed by atoms with Crippen LogP contribution in [0.25, 0.3) is 0 Å². The molecule has 2 aromatic rings. The van der Waals surface area contributed by atoms with E-state index in [0.717, 1.165) is 5.56 Å². The minimum Gasteiger partial charge on any atom is -0.486 e. The molecular weight excluding hydrogens is 410 g/mol. The first kappa shape index (κ1) is 20.1. The maximum absolute atomic E-state index is 12.7. The molecule has 29 heavy (non-hydrogen) atoms. The van der Waals surface area contributed by atoms with Crippen LogP contribution in [0, 0.1) is 6.92 Å². The van der Waals surface area contributed by atoms with Gasteiger partial charge >= 0.3 is 0 Å². The number of Topliss-reactive ketones (excluding diaryl/α,β-unsaturated/α-hetero) is 2. The zero-order chi connectivity index (χ0) is 20.6. The Bertz CT molecular complexity index is 961. The van der Waals surface area contributed by atoms with E-state index in [1.807, 2.05) is 18.4 Å². The van der Waals surface area contributed by atoms with Gasteiger partial charge in [0.05, 0.1) is 16.9 Å². The highest BCUT2D eigenvalue weighted by Gasteiger charge is 2.44. The third-order valence-electron chi connectivity index (χ3n) is 5.73. The van der Waals surface area contributed by atoms with Crippen molar-refractivity contribution in [2.75, 3.05) is 13.1 Å². The summed E-state index contributed by atoms with van der Waals surface area (Å²) in [5.74, 6) is 0.647. The zero-order valence-electron chi connectivity index (χ0n) is 16.2. The van der Waals surface area contributed by atoms with Crippen LogP contribution < -0.4 is 4.74 Å². The number of carbonyl (C=O) groups is 3. The fourth-order valence-electron chi connectivity index (χ4n) is 4.09. The normalized spacial score (nSPS) is 17.7. The smallest absolute Gasteiger partial charge is 0.223 e. The molecule has 0 saturated carbocycles. The predicted octanol–water partition coefficient (Wildman–Crippen LogP) is 4.70. The van der Waals surface area contributed by atoms with Gasteiger partial charge in [-0.3, -0.25) is 14.4 Å². The summed E-state index contributed by atoms with van der Waals surface area (Å²) in [4.78, 5) is 39.9. The molecular formula is C22H22ClNO4S. The molecule has 3 heterocycles. The molecule has 1 spiro atoms. The summed E-state index contributed by atoms with van der Waals surface area (Å²) in [6.45, 7) is 2.95. The van der Waals surface area contributed by atoms with Gasteiger partial charge in [0, 0.05) is 43.8 Å². The lowest BCUT2D eigenvalue weighted by Gasteiger charge is -2.44. The molecule has 7 heteroatoms. The van der Waals surface area contributed by atoms with Crippen LogP contribution in [0.4, 0.5) is 0 Å². The van der Waals surface area contributed by atoms with Crippen LogP contribution >= 0.6 is 22.9 Å². The number of hydrogen-bond donors (Lipinski definition) is 0. The summed E-state index contributed by atoms with van der Waals surface area (Å²) in [7, 11) is 0. The van der Waals surface area contributed by atoms with E-state index in [1.165, 1.54) is 11.3 Å². The largest absolute Gasteiger partial charge is 0.486 e. The molecule has 0 radical (unpaired) electrons. The molecule has 1 saturated heterocycles. The number of ketones is 2. The highest BCUT2D eigenvalue weighted by atomic mass is 35.5. The van der Waals surface area contributed by atoms with Crippen molar-refractivity contribution in [3.63, 3.8) is 0 Å². The third kappa shape index (κ3) is 4.09. The van der Waals surface area contributed by atoms with Crippen LogP contribution in [0.1, 0.15) is 57.7 Å². The van der Waals surface area contributed by atoms with Gasteiger partial charge in [0.2, 0.25) is 5.91 Å². The molecule has 4 rings (SSSR count). The quantitative estimate of drug-likeness (QED) is 0.658. The number of carbonyl (C=O) groups excluding carboxylic acids is 3. The van der Waals surface area contributed by atoms with Crippen LogP contribution in [0.15, 0.2) is 29.6 Å². The number of rotatable bonds is 4. The molecule has 1 aromatic carbocycles. The van der Waals surface area contributed by atoms with E-state index >= 15 is 0 Å². The second kappa shape index (κ2) is 7.92. The Morgan fingerprint density at radius 1 is 1.24 bits per heavy atom. The van der Waals surface area contributed by atoms with E-state index in [4.69, 9.17) is 16.3 Å². The molecule has 1 aromatic heterocycles. The van der Waals surface area contributed by atoms with Crippen LogP contribution in [0.2, 0.25) is 5.02 Å². The maximum atomic E-state index is 12.7. The molecule has 0 N–H and O–H groups in total. The van der Waals surface area contributed by atoms with Crippen LogP contribution in [-0.2, 0) is 4.79 Å². The highest BCUT2D eigenvalue weighted by molar-refractivity contribution is 7.12. The van der Waals surface area contributed by atoms with Crippen LogP contribution in [0.5, 0.6) is 5.75 Å². The predicted molar refractivity (Wildman–Crippen MR) is 112 cm³/mol. The number of fused-ring (bicyclic) bond motifs is 1. The Balaban J connectivity index is 1.37. The van der Waals surface area contributed by atoms with Crippen molar-refractivity contribution in [2.45, 2.75) is 44.6 Å². The Hall–Kier alpha value is -2.18. The number of halogens is 1. The van der Waals surface area contributed by atoms with E-state index < -0.39 is 5.60 Å². The Kier molecular flexibility index (Phi) is 5.49. The van der Waals surface area contributed by atoms with Crippen LogP contribution in [-0.4, -0.2) is 41.1 Å². The van der Waals surface area contributed by atoms with Crippen LogP contribution in [0.3, 0.4) is 0 Å². The lowest BCUT2D eigenvalue weighted by molar-refractivity contribution is -0.134. The topological polar surface area (TPSA) is 63.7 Å². The van der Waals surface area contributed by atoms with Gasteiger partial charge in [0.15, 0.2) is 11.6 Å². The van der Waals surface area contributed by atoms with Gasteiger partial charge in [-0.1, -0.05) is 17.7 Å². The summed E-state index contributed by atoms with van der Waals surface area (Å²) < 4.78 is 6.32. The molecule has 1 amide bonds. The first-order valence-corrected chi connectivity index (χ1v) is 11.0. The van der Waals surface area contributed by atoms with E-state index in [1.54, 1.807) is 23.1 Å². The monoisotopic (exact) mass is 431 g/mol. The molecule has 5 nitrogen and oxygen atoms in total. The van der Waals surface area contributed by atoms with E-state index in [2.05, 4.69) is 0 Å². The van der Waals surface area contributed by atoms with Crippen molar-refractivity contribution >= 4 is 40.4 Å². The lowest BCUT2D eigenvalue weighted by Crippen LogP contribution is -2.52. The minimum absolute atomic E-state index is 0.00813. The van der Waals surface area contributed by atoms with Crippen molar-refractivity contribution < 1.29 is 19.1 Å². The van der Waals surface area contributed by atoms with Gasteiger partial charge < -0.3 is 9.64 Å². The van der Waals surface area contributed by atoms with E-state index in [-0.39, 0.29) is 30.3 Å². The summed E-state index contributed by atoms with van der Waals surface area (Å²) in [5.41, 5.74) is 0.837. The summed E-state index contributed by atoms with van der Waals surface area (Å²) >= 11 is 7.49. The standard InChI is InChI=1S/C22H22ClNO4S/c1-14-11-15(23)12-16-18(26)13-22(28-21(14)16)6-8-24(9-7-22)20(27)5-4-17(25)19-3-2-10-29-19/h2-3,10-12H,4-9,13H2,1H3. The van der Waals surface area contributed by atoms with Gasteiger partial charge in [0.1, 0.15) is 11.4 Å². The second-order valence-corrected chi connectivity index (χ2v) is 9.15. The number of thiophene rings is 1. The van der Waals surface area contributed by atoms with E-state index in [0.29, 0.717) is 53.6 Å². The molecule has 152 valence electrons. The first-order valence-electron chi connectivity index (χ1n) is 9.74. The van der Waals surface area contributed by atoms with E-state index in [9.17, 15) is 14.4 Å². The van der Waals surface area contributed by atoms with Crippen molar-refractivity contribution in [3.8, 4) is 5.75 Å². The average Bonchev–Trinajstić information content (AvgIpc) is 3.23. The Labute approximate surface area is 178 Å². The second-order valence-electron chi connectivity index (χ2n) is 7.77. The minimum atomic E-state index is -0.563. The highest BCUT2D eigenvalue weighted by Crippen LogP contribution is 2.42. The molecule has 2 aliphatic heterocycles. The van der Waals surface area contributed by atoms with Crippen molar-refractivity contribution in [2.24, 2.45) is 0 Å². The number of likely N-dealkylation sites (tertiary alicyclic amines) is 1. The molecule has 0 bridgehead atoms. The maximum Gasteiger partial charge on any atom is 0.223 e. The fraction of sp³-hybridized carbons (Fsp3) is 0.409. The summed E-state index contributed by atoms with van der Waals surface area (Å²) in [6.07, 6.45) is 1.95. The molecule has 0 atom stereocenters. The van der Waals surface area contributed by atoms with Crippen molar-refractivity contribution in [1.82, 2.24) is 4.90 Å². The number of nitrogens with zero attached hydrogens (tertiary/aromatic N) is 1. The fourth-order valence-corrected chi connectivity index (χ4v) is 5.06. The number of ether oxygens (including phenoxy) is 1. The van der Waals surface area contributed by atoms with Gasteiger partial charge in [-0.05, 0) is 36.1 Å². The molecule has 2 aliphatic rings. The van der Waals surface area contributed by atoms with Gasteiger partial charge in [-0.2, -0.15) is 0 Å². The molecule has 0 aliphatic carbocycles. The number of amides is 1. The van der Waals surface area contributed by atoms with Gasteiger partial charge in [-0.25, -0.2) is 0 Å². The molecule has 0 unspecified atom stereocenters. The van der Waals surface area contributed by atoms with Gasteiger partial charge in [-0.15, -0.1) is 11.3 Å². The van der Waals surface area contributed by atoms with Crippen molar-refractivity contribution in [3.05, 3.63) is 50.7 Å². The summed E-state index contributed by atoms with van der Waals surface area (Å²) in [6, 6.07) is 7.09. The SMILES string of the molecule is Cc1cc(Cl)cc2c1OC1(CCN(C(=O)CCC(=O)c3cccs3)CC1)CC2=O. The van der Waals surface area contributed by atoms with Crippen molar-refractivity contribution in [1.29, 1.82) is 0 Å². The Morgan fingerprint density at radius 2 is 2.00 bits per heavy atom. The first-order chi connectivity index (χ1) is 13.9. The number of aryl methyl sites for hydroxylation is 1. The van der Waals surface area contributed by atoms with Gasteiger partial charge in [0.25, 0.3) is 0 Å². The Morgan fingerprint density at radius 3 is 2.69 bits per heavy atom. The average molecular weight is 432 g/mol. The number of hydrogen-bond acceptors (Lipinski definition) is 5. The number of benzene rings is 1. The number of piperidine rings is 1. The zero-order valence-corrected chi connectivity index (χ0v) is 17.8. The molecule has 1 fully saturated rings. The third-order valence-corrected chi connectivity index (χ3v) is 6.86. The lowest BCUT2D eigenvalue weighted by atomic mass is 9.82.